The van der Waals surface area contributed by atoms with E-state index in [-0.39, 0.29) is 18.1 Å². The summed E-state index contributed by atoms with van der Waals surface area (Å²) in [6.07, 6.45) is 1.53. The standard InChI is InChI=1S/C20H21NO5/c1-14-4-7-16(8-5-14)25-11-3-2-10-21-17-12-15(20(23)24)6-9-18(17)26-13-19(21)22/h4-9,12H,2-3,10-11,13H2,1H3,(H,23,24). The molecule has 2 aromatic rings. The van der Waals surface area contributed by atoms with Gasteiger partial charge in [0.2, 0.25) is 0 Å². The van der Waals surface area contributed by atoms with Crippen LogP contribution in [0, 0.1) is 6.92 Å². The van der Waals surface area contributed by atoms with Crippen LogP contribution in [-0.4, -0.2) is 36.7 Å². The molecule has 0 saturated carbocycles. The lowest BCUT2D eigenvalue weighted by Crippen LogP contribution is -2.39. The summed E-state index contributed by atoms with van der Waals surface area (Å²) in [7, 11) is 0. The van der Waals surface area contributed by atoms with Gasteiger partial charge in [-0.15, -0.1) is 0 Å². The van der Waals surface area contributed by atoms with Crippen molar-refractivity contribution in [2.75, 3.05) is 24.7 Å². The first kappa shape index (κ1) is 17.8. The van der Waals surface area contributed by atoms with Crippen molar-refractivity contribution in [3.63, 3.8) is 0 Å². The Hall–Kier alpha value is -3.02. The number of benzene rings is 2. The van der Waals surface area contributed by atoms with Crippen LogP contribution in [0.2, 0.25) is 0 Å². The van der Waals surface area contributed by atoms with Crippen molar-refractivity contribution in [1.29, 1.82) is 0 Å². The van der Waals surface area contributed by atoms with E-state index in [0.29, 0.717) is 24.6 Å². The molecule has 6 nitrogen and oxygen atoms in total. The van der Waals surface area contributed by atoms with Crippen molar-refractivity contribution in [1.82, 2.24) is 0 Å². The van der Waals surface area contributed by atoms with Gasteiger partial charge < -0.3 is 19.5 Å². The van der Waals surface area contributed by atoms with Crippen molar-refractivity contribution >= 4 is 17.6 Å². The van der Waals surface area contributed by atoms with E-state index in [9.17, 15) is 9.59 Å². The first-order valence-electron chi connectivity index (χ1n) is 8.54. The second-order valence-corrected chi connectivity index (χ2v) is 6.19. The quantitative estimate of drug-likeness (QED) is 0.772. The van der Waals surface area contributed by atoms with Gasteiger partial charge >= 0.3 is 5.97 Å². The molecule has 3 rings (SSSR count). The van der Waals surface area contributed by atoms with Gasteiger partial charge in [-0.3, -0.25) is 4.79 Å². The zero-order chi connectivity index (χ0) is 18.5. The molecule has 26 heavy (non-hydrogen) atoms. The third-order valence-electron chi connectivity index (χ3n) is 4.21. The van der Waals surface area contributed by atoms with E-state index in [1.165, 1.54) is 17.7 Å². The molecule has 0 radical (unpaired) electrons. The molecule has 0 spiro atoms. The number of rotatable bonds is 7. The zero-order valence-electron chi connectivity index (χ0n) is 14.6. The lowest BCUT2D eigenvalue weighted by atomic mass is 10.1. The largest absolute Gasteiger partial charge is 0.494 e. The number of nitrogens with zero attached hydrogens (tertiary/aromatic N) is 1. The van der Waals surface area contributed by atoms with Gasteiger partial charge in [0.05, 0.1) is 17.9 Å². The Kier molecular flexibility index (Phi) is 5.41. The minimum atomic E-state index is -1.03. The lowest BCUT2D eigenvalue weighted by molar-refractivity contribution is -0.121. The molecule has 0 saturated heterocycles. The molecule has 0 aromatic heterocycles. The maximum Gasteiger partial charge on any atom is 0.335 e. The zero-order valence-corrected chi connectivity index (χ0v) is 14.6. The number of ether oxygens (including phenoxy) is 2. The summed E-state index contributed by atoms with van der Waals surface area (Å²) < 4.78 is 11.1. The van der Waals surface area contributed by atoms with Gasteiger partial charge in [-0.05, 0) is 50.1 Å². The predicted molar refractivity (Wildman–Crippen MR) is 97.2 cm³/mol. The number of unbranched alkanes of at least 4 members (excludes halogenated alkanes) is 1. The van der Waals surface area contributed by atoms with Crippen LogP contribution in [0.1, 0.15) is 28.8 Å². The van der Waals surface area contributed by atoms with Crippen molar-refractivity contribution in [3.05, 3.63) is 53.6 Å². The highest BCUT2D eigenvalue weighted by atomic mass is 16.5. The van der Waals surface area contributed by atoms with Crippen LogP contribution in [0.3, 0.4) is 0 Å². The van der Waals surface area contributed by atoms with Crippen LogP contribution >= 0.6 is 0 Å². The average Bonchev–Trinajstić information content (AvgIpc) is 2.64. The molecule has 0 bridgehead atoms. The van der Waals surface area contributed by atoms with Gasteiger partial charge in [0, 0.05) is 6.54 Å². The summed E-state index contributed by atoms with van der Waals surface area (Å²) in [5.41, 5.74) is 1.83. The Morgan fingerprint density at radius 3 is 2.69 bits per heavy atom. The molecule has 136 valence electrons. The van der Waals surface area contributed by atoms with E-state index in [0.717, 1.165) is 18.6 Å². The highest BCUT2D eigenvalue weighted by molar-refractivity contribution is 5.99. The molecule has 6 heteroatoms. The Morgan fingerprint density at radius 1 is 1.19 bits per heavy atom. The van der Waals surface area contributed by atoms with Crippen LogP contribution < -0.4 is 14.4 Å². The molecule has 1 amide bonds. The summed E-state index contributed by atoms with van der Waals surface area (Å²) in [6, 6.07) is 12.4. The third kappa shape index (κ3) is 4.14. The van der Waals surface area contributed by atoms with E-state index in [1.54, 1.807) is 11.0 Å². The number of fused-ring (bicyclic) bond motifs is 1. The second-order valence-electron chi connectivity index (χ2n) is 6.19. The molecule has 0 aliphatic carbocycles. The number of carbonyl (C=O) groups is 2. The van der Waals surface area contributed by atoms with Crippen molar-refractivity contribution in [2.45, 2.75) is 19.8 Å². The maximum atomic E-state index is 12.2. The molecular weight excluding hydrogens is 334 g/mol. The fraction of sp³-hybridized carbons (Fsp3) is 0.300. The van der Waals surface area contributed by atoms with Gasteiger partial charge in [0.25, 0.3) is 5.91 Å². The van der Waals surface area contributed by atoms with Gasteiger partial charge in [-0.2, -0.15) is 0 Å². The SMILES string of the molecule is Cc1ccc(OCCCCN2C(=O)COc3ccc(C(=O)O)cc32)cc1. The molecule has 2 aromatic carbocycles. The number of anilines is 1. The van der Waals surface area contributed by atoms with Crippen LogP contribution in [0.15, 0.2) is 42.5 Å². The molecule has 1 heterocycles. The third-order valence-corrected chi connectivity index (χ3v) is 4.21. The van der Waals surface area contributed by atoms with Crippen LogP contribution in [0.25, 0.3) is 0 Å². The van der Waals surface area contributed by atoms with Gasteiger partial charge in [-0.1, -0.05) is 17.7 Å². The van der Waals surface area contributed by atoms with Crippen molar-refractivity contribution in [3.8, 4) is 11.5 Å². The number of hydrogen-bond donors (Lipinski definition) is 1. The van der Waals surface area contributed by atoms with Crippen molar-refractivity contribution < 1.29 is 24.2 Å². The number of aromatic carboxylic acids is 1. The summed E-state index contributed by atoms with van der Waals surface area (Å²) in [6.45, 7) is 3.05. The van der Waals surface area contributed by atoms with Gasteiger partial charge in [-0.25, -0.2) is 4.79 Å². The number of carbonyl (C=O) groups excluding carboxylic acids is 1. The van der Waals surface area contributed by atoms with Crippen LogP contribution in [0.4, 0.5) is 5.69 Å². The molecule has 1 aliphatic rings. The first-order chi connectivity index (χ1) is 12.5. The minimum absolute atomic E-state index is 0.0285. The summed E-state index contributed by atoms with van der Waals surface area (Å²) in [5.74, 6) is 0.164. The van der Waals surface area contributed by atoms with E-state index in [2.05, 4.69) is 0 Å². The Labute approximate surface area is 152 Å². The monoisotopic (exact) mass is 355 g/mol. The highest BCUT2D eigenvalue weighted by Gasteiger charge is 2.26. The predicted octanol–water partition coefficient (Wildman–Crippen LogP) is 3.28. The summed E-state index contributed by atoms with van der Waals surface area (Å²) in [4.78, 5) is 24.9. The van der Waals surface area contributed by atoms with Gasteiger partial charge in [0.15, 0.2) is 6.61 Å². The Bertz CT molecular complexity index is 800. The summed E-state index contributed by atoms with van der Waals surface area (Å²) in [5, 5.41) is 9.15. The van der Waals surface area contributed by atoms with E-state index < -0.39 is 5.97 Å². The number of hydrogen-bond acceptors (Lipinski definition) is 4. The maximum absolute atomic E-state index is 12.2. The molecule has 1 N–H and O–H groups in total. The molecule has 0 fully saturated rings. The first-order valence-corrected chi connectivity index (χ1v) is 8.54. The van der Waals surface area contributed by atoms with E-state index in [4.69, 9.17) is 14.6 Å². The minimum Gasteiger partial charge on any atom is -0.494 e. The molecule has 0 atom stereocenters. The topological polar surface area (TPSA) is 76.1 Å². The number of aryl methyl sites for hydroxylation is 1. The van der Waals surface area contributed by atoms with Gasteiger partial charge in [0.1, 0.15) is 11.5 Å². The normalized spacial score (nSPS) is 13.1. The second kappa shape index (κ2) is 7.91. The molecule has 0 unspecified atom stereocenters. The number of carboxylic acids is 1. The van der Waals surface area contributed by atoms with E-state index in [1.807, 2.05) is 31.2 Å². The number of carboxylic acid groups (broad SMARTS) is 1. The lowest BCUT2D eigenvalue weighted by Gasteiger charge is -2.29. The fourth-order valence-electron chi connectivity index (χ4n) is 2.78. The Balaban J connectivity index is 1.56. The average molecular weight is 355 g/mol. The van der Waals surface area contributed by atoms with Crippen LogP contribution in [-0.2, 0) is 4.79 Å². The Morgan fingerprint density at radius 2 is 1.96 bits per heavy atom. The smallest absolute Gasteiger partial charge is 0.335 e. The highest BCUT2D eigenvalue weighted by Crippen LogP contribution is 2.33. The molecular formula is C20H21NO5. The van der Waals surface area contributed by atoms with Crippen molar-refractivity contribution in [2.24, 2.45) is 0 Å². The molecule has 1 aliphatic heterocycles. The van der Waals surface area contributed by atoms with Crippen LogP contribution in [0.5, 0.6) is 11.5 Å². The fourth-order valence-corrected chi connectivity index (χ4v) is 2.78. The number of amides is 1. The summed E-state index contributed by atoms with van der Waals surface area (Å²) >= 11 is 0. The van der Waals surface area contributed by atoms with E-state index >= 15 is 0 Å².